The molecule has 0 aliphatic carbocycles. The molecule has 27 heavy (non-hydrogen) atoms. The smallest absolute Gasteiger partial charge is 0.261 e. The summed E-state index contributed by atoms with van der Waals surface area (Å²) in [6, 6.07) is 23.8. The first-order valence-corrected chi connectivity index (χ1v) is 10.7. The predicted octanol–water partition coefficient (Wildman–Crippen LogP) is 5.67. The molecule has 3 nitrogen and oxygen atoms in total. The number of hydrogen-bond donors (Lipinski definition) is 0. The minimum Gasteiger partial charge on any atom is -0.261 e. The van der Waals surface area contributed by atoms with Crippen LogP contribution in [0.5, 0.6) is 0 Å². The van der Waals surface area contributed by atoms with E-state index in [4.69, 9.17) is 0 Å². The maximum absolute atomic E-state index is 13.4. The van der Waals surface area contributed by atoms with Gasteiger partial charge in [-0.1, -0.05) is 66.7 Å². The molecule has 0 aliphatic heterocycles. The van der Waals surface area contributed by atoms with Gasteiger partial charge in [0.25, 0.3) is 10.0 Å². The second-order valence-corrected chi connectivity index (χ2v) is 8.96. The van der Waals surface area contributed by atoms with Crippen LogP contribution >= 0.6 is 15.9 Å². The lowest BCUT2D eigenvalue weighted by atomic mass is 10.1. The zero-order valence-electron chi connectivity index (χ0n) is 15.0. The Balaban J connectivity index is 2.06. The zero-order valence-corrected chi connectivity index (χ0v) is 17.4. The van der Waals surface area contributed by atoms with Gasteiger partial charge in [0.05, 0.1) is 17.1 Å². The molecule has 138 valence electrons. The van der Waals surface area contributed by atoms with Crippen LogP contribution in [-0.2, 0) is 10.0 Å². The predicted molar refractivity (Wildman–Crippen MR) is 115 cm³/mol. The minimum atomic E-state index is -3.75. The number of para-hydroxylation sites is 1. The molecule has 0 bridgehead atoms. The van der Waals surface area contributed by atoms with Crippen LogP contribution in [-0.4, -0.2) is 15.0 Å². The summed E-state index contributed by atoms with van der Waals surface area (Å²) in [5.74, 6) is 0. The van der Waals surface area contributed by atoms with Crippen molar-refractivity contribution in [2.75, 3.05) is 10.8 Å². The fraction of sp³-hybridized carbons (Fsp3) is 0.0909. The summed E-state index contributed by atoms with van der Waals surface area (Å²) in [5.41, 5.74) is 3.22. The average Bonchev–Trinajstić information content (AvgIpc) is 2.67. The highest BCUT2D eigenvalue weighted by atomic mass is 79.9. The van der Waals surface area contributed by atoms with Gasteiger partial charge in [-0.3, -0.25) is 4.31 Å². The molecule has 0 saturated heterocycles. The molecule has 3 aromatic rings. The summed E-state index contributed by atoms with van der Waals surface area (Å²) in [7, 11) is -3.75. The Bertz CT molecular complexity index is 1050. The first kappa shape index (κ1) is 19.4. The number of hydrogen-bond acceptors (Lipinski definition) is 2. The molecule has 0 saturated carbocycles. The summed E-state index contributed by atoms with van der Waals surface area (Å²) in [6.07, 6.45) is 0. The standard InChI is InChI=1S/C22H20BrNO2S/c1-17-12-14-20(15-13-17)27(25,26)24(22-11-7-6-10-21(22)23)16-18(2)19-8-4-3-5-9-19/h3-15H,2,16H2,1H3. The fourth-order valence-corrected chi connectivity index (χ4v) is 4.82. The lowest BCUT2D eigenvalue weighted by molar-refractivity contribution is 0.593. The van der Waals surface area contributed by atoms with Gasteiger partial charge in [0, 0.05) is 4.47 Å². The van der Waals surface area contributed by atoms with Gasteiger partial charge in [-0.2, -0.15) is 0 Å². The van der Waals surface area contributed by atoms with Crippen molar-refractivity contribution >= 4 is 37.2 Å². The minimum absolute atomic E-state index is 0.156. The molecule has 0 radical (unpaired) electrons. The Labute approximate surface area is 169 Å². The lowest BCUT2D eigenvalue weighted by Crippen LogP contribution is -2.32. The average molecular weight is 442 g/mol. The van der Waals surface area contributed by atoms with E-state index in [0.717, 1.165) is 16.7 Å². The number of aryl methyl sites for hydroxylation is 1. The van der Waals surface area contributed by atoms with E-state index in [-0.39, 0.29) is 11.4 Å². The van der Waals surface area contributed by atoms with Gasteiger partial charge in [-0.25, -0.2) is 8.42 Å². The van der Waals surface area contributed by atoms with Crippen LogP contribution in [0.25, 0.3) is 5.57 Å². The van der Waals surface area contributed by atoms with E-state index in [1.165, 1.54) is 4.31 Å². The maximum atomic E-state index is 13.4. The van der Waals surface area contributed by atoms with E-state index < -0.39 is 10.0 Å². The third kappa shape index (κ3) is 4.31. The van der Waals surface area contributed by atoms with Crippen molar-refractivity contribution in [1.29, 1.82) is 0 Å². The van der Waals surface area contributed by atoms with Crippen LogP contribution in [0.3, 0.4) is 0 Å². The Morgan fingerprint density at radius 1 is 0.926 bits per heavy atom. The van der Waals surface area contributed by atoms with E-state index in [0.29, 0.717) is 10.2 Å². The number of nitrogens with zero attached hydrogens (tertiary/aromatic N) is 1. The fourth-order valence-electron chi connectivity index (χ4n) is 2.73. The van der Waals surface area contributed by atoms with Crippen LogP contribution in [0.2, 0.25) is 0 Å². The Hall–Kier alpha value is -2.37. The molecular weight excluding hydrogens is 422 g/mol. The van der Waals surface area contributed by atoms with Crippen LogP contribution in [0.15, 0.2) is 94.8 Å². The molecule has 5 heteroatoms. The first-order valence-electron chi connectivity index (χ1n) is 8.47. The van der Waals surface area contributed by atoms with E-state index >= 15 is 0 Å². The molecule has 0 fully saturated rings. The van der Waals surface area contributed by atoms with Crippen molar-refractivity contribution in [1.82, 2.24) is 0 Å². The third-order valence-corrected chi connectivity index (χ3v) is 6.69. The van der Waals surface area contributed by atoms with Crippen LogP contribution in [0, 0.1) is 6.92 Å². The van der Waals surface area contributed by atoms with Crippen molar-refractivity contribution in [3.8, 4) is 0 Å². The number of anilines is 1. The molecule has 0 spiro atoms. The molecule has 0 unspecified atom stereocenters. The second kappa shape index (κ2) is 8.11. The van der Waals surface area contributed by atoms with Gasteiger partial charge in [0.15, 0.2) is 0 Å². The Kier molecular flexibility index (Phi) is 5.82. The van der Waals surface area contributed by atoms with Gasteiger partial charge in [-0.15, -0.1) is 0 Å². The molecule has 3 rings (SSSR count). The summed E-state index contributed by atoms with van der Waals surface area (Å²) in [4.78, 5) is 0.254. The van der Waals surface area contributed by atoms with Gasteiger partial charge in [0.1, 0.15) is 0 Å². The molecule has 0 aliphatic rings. The van der Waals surface area contributed by atoms with Crippen molar-refractivity contribution in [2.24, 2.45) is 0 Å². The quantitative estimate of drug-likeness (QED) is 0.494. The maximum Gasteiger partial charge on any atom is 0.264 e. The summed E-state index contributed by atoms with van der Waals surface area (Å²) < 4.78 is 29.0. The van der Waals surface area contributed by atoms with Crippen LogP contribution < -0.4 is 4.31 Å². The van der Waals surface area contributed by atoms with E-state index in [1.54, 1.807) is 30.3 Å². The van der Waals surface area contributed by atoms with E-state index in [1.807, 2.05) is 55.5 Å². The highest BCUT2D eigenvalue weighted by Gasteiger charge is 2.27. The molecule has 3 aromatic carbocycles. The van der Waals surface area contributed by atoms with Gasteiger partial charge >= 0.3 is 0 Å². The van der Waals surface area contributed by atoms with Crippen molar-refractivity contribution in [2.45, 2.75) is 11.8 Å². The number of rotatable bonds is 6. The molecular formula is C22H20BrNO2S. The molecule has 0 aromatic heterocycles. The van der Waals surface area contributed by atoms with Crippen molar-refractivity contribution in [3.63, 3.8) is 0 Å². The monoisotopic (exact) mass is 441 g/mol. The summed E-state index contributed by atoms with van der Waals surface area (Å²) in [5, 5.41) is 0. The number of benzene rings is 3. The van der Waals surface area contributed by atoms with Crippen molar-refractivity contribution in [3.05, 3.63) is 101 Å². The van der Waals surface area contributed by atoms with Gasteiger partial charge in [0.2, 0.25) is 0 Å². The highest BCUT2D eigenvalue weighted by Crippen LogP contribution is 2.32. The summed E-state index contributed by atoms with van der Waals surface area (Å²) in [6.45, 7) is 6.21. The number of sulfonamides is 1. The van der Waals surface area contributed by atoms with E-state index in [9.17, 15) is 8.42 Å². The third-order valence-electron chi connectivity index (χ3n) is 4.25. The SMILES string of the molecule is C=C(CN(c1ccccc1Br)S(=O)(=O)c1ccc(C)cc1)c1ccccc1. The lowest BCUT2D eigenvalue weighted by Gasteiger charge is -2.26. The normalized spacial score (nSPS) is 11.2. The van der Waals surface area contributed by atoms with Crippen LogP contribution in [0.4, 0.5) is 5.69 Å². The van der Waals surface area contributed by atoms with Crippen molar-refractivity contribution < 1.29 is 8.42 Å². The highest BCUT2D eigenvalue weighted by molar-refractivity contribution is 9.10. The number of halogens is 1. The molecule has 0 heterocycles. The molecule has 0 amide bonds. The first-order chi connectivity index (χ1) is 12.9. The van der Waals surface area contributed by atoms with E-state index in [2.05, 4.69) is 22.5 Å². The Morgan fingerprint density at radius 3 is 2.15 bits per heavy atom. The molecule has 0 atom stereocenters. The second-order valence-electron chi connectivity index (χ2n) is 6.25. The topological polar surface area (TPSA) is 37.4 Å². The van der Waals surface area contributed by atoms with Gasteiger partial charge < -0.3 is 0 Å². The summed E-state index contributed by atoms with van der Waals surface area (Å²) >= 11 is 3.48. The molecule has 0 N–H and O–H groups in total. The zero-order chi connectivity index (χ0) is 19.4. The van der Waals surface area contributed by atoms with Gasteiger partial charge in [-0.05, 0) is 58.3 Å². The Morgan fingerprint density at radius 2 is 1.52 bits per heavy atom. The largest absolute Gasteiger partial charge is 0.264 e. The van der Waals surface area contributed by atoms with Crippen LogP contribution in [0.1, 0.15) is 11.1 Å².